The highest BCUT2D eigenvalue weighted by Gasteiger charge is 2.15. The number of halogens is 3. The number of hydrogen-bond donors (Lipinski definition) is 0. The Balaban J connectivity index is 0.000000252. The van der Waals surface area contributed by atoms with Crippen molar-refractivity contribution in [1.82, 2.24) is 0 Å². The molecule has 0 unspecified atom stereocenters. The first-order chi connectivity index (χ1) is 21.1. The summed E-state index contributed by atoms with van der Waals surface area (Å²) in [4.78, 5) is 0. The number of hydrogen-bond acceptors (Lipinski definition) is 0. The van der Waals surface area contributed by atoms with E-state index in [2.05, 4.69) is 132 Å². The van der Waals surface area contributed by atoms with Crippen molar-refractivity contribution in [2.24, 2.45) is 0 Å². The van der Waals surface area contributed by atoms with E-state index in [9.17, 15) is 13.2 Å². The molecule has 3 heteroatoms. The van der Waals surface area contributed by atoms with Gasteiger partial charge in [0.15, 0.2) is 17.5 Å². The van der Waals surface area contributed by atoms with Crippen LogP contribution in [0.2, 0.25) is 0 Å². The lowest BCUT2D eigenvalue weighted by Gasteiger charge is -2.17. The van der Waals surface area contributed by atoms with E-state index in [1.807, 2.05) is 18.2 Å². The molecule has 0 heterocycles. The van der Waals surface area contributed by atoms with Crippen LogP contribution in [0.4, 0.5) is 13.2 Å². The highest BCUT2D eigenvalue weighted by Crippen LogP contribution is 2.32. The zero-order valence-electron chi connectivity index (χ0n) is 29.6. The number of rotatable bonds is 7. The highest BCUT2D eigenvalue weighted by molar-refractivity contribution is 5.65. The zero-order chi connectivity index (χ0) is 34.0. The lowest BCUT2D eigenvalue weighted by molar-refractivity contribution is 0.447. The van der Waals surface area contributed by atoms with Gasteiger partial charge in [0.2, 0.25) is 0 Å². The summed E-state index contributed by atoms with van der Waals surface area (Å²) in [5.41, 5.74) is 9.38. The number of benzene rings is 4. The van der Waals surface area contributed by atoms with E-state index >= 15 is 0 Å². The van der Waals surface area contributed by atoms with Crippen LogP contribution in [-0.4, -0.2) is 0 Å². The minimum atomic E-state index is -1.43. The predicted molar refractivity (Wildman–Crippen MR) is 189 cm³/mol. The van der Waals surface area contributed by atoms with E-state index in [0.717, 1.165) is 17.7 Å². The molecule has 0 saturated heterocycles. The van der Waals surface area contributed by atoms with Gasteiger partial charge in [-0.05, 0) is 92.1 Å². The van der Waals surface area contributed by atoms with Gasteiger partial charge in [-0.3, -0.25) is 0 Å². The van der Waals surface area contributed by atoms with Crippen LogP contribution >= 0.6 is 0 Å². The fraction of sp³-hybridized carbons (Fsp3) is 0.429. The summed E-state index contributed by atoms with van der Waals surface area (Å²) in [6.45, 7) is 26.4. The molecular weight excluding hydrogens is 561 g/mol. The Labute approximate surface area is 272 Å². The molecule has 4 aromatic carbocycles. The molecule has 244 valence electrons. The third-order valence-electron chi connectivity index (χ3n) is 8.13. The molecule has 0 nitrogen and oxygen atoms in total. The summed E-state index contributed by atoms with van der Waals surface area (Å²) in [6, 6.07) is 25.3. The van der Waals surface area contributed by atoms with Crippen LogP contribution in [0.3, 0.4) is 0 Å². The van der Waals surface area contributed by atoms with Gasteiger partial charge >= 0.3 is 0 Å². The van der Waals surface area contributed by atoms with Crippen molar-refractivity contribution in [1.29, 1.82) is 0 Å². The molecule has 0 amide bonds. The zero-order valence-corrected chi connectivity index (χ0v) is 29.6. The van der Waals surface area contributed by atoms with E-state index in [1.165, 1.54) is 27.8 Å². The molecule has 0 N–H and O–H groups in total. The fourth-order valence-electron chi connectivity index (χ4n) is 5.63. The van der Waals surface area contributed by atoms with Crippen LogP contribution in [0.25, 0.3) is 11.1 Å². The van der Waals surface area contributed by atoms with Gasteiger partial charge in [0.25, 0.3) is 0 Å². The summed E-state index contributed by atoms with van der Waals surface area (Å²) >= 11 is 0. The van der Waals surface area contributed by atoms with Crippen molar-refractivity contribution in [2.75, 3.05) is 0 Å². The average molecular weight is 617 g/mol. The van der Waals surface area contributed by atoms with Crippen molar-refractivity contribution < 1.29 is 13.2 Å². The van der Waals surface area contributed by atoms with E-state index in [0.29, 0.717) is 46.6 Å². The Morgan fingerprint density at radius 2 is 0.622 bits per heavy atom. The Kier molecular flexibility index (Phi) is 14.6. The minimum absolute atomic E-state index is 0.303. The van der Waals surface area contributed by atoms with Gasteiger partial charge < -0.3 is 0 Å². The van der Waals surface area contributed by atoms with E-state index < -0.39 is 17.5 Å². The van der Waals surface area contributed by atoms with Crippen LogP contribution in [0.15, 0.2) is 78.9 Å². The van der Waals surface area contributed by atoms with E-state index in [4.69, 9.17) is 0 Å². The van der Waals surface area contributed by atoms with Gasteiger partial charge in [0.05, 0.1) is 0 Å². The minimum Gasteiger partial charge on any atom is -0.204 e. The molecule has 0 aliphatic carbocycles. The van der Waals surface area contributed by atoms with Crippen LogP contribution in [0, 0.1) is 17.5 Å². The average Bonchev–Trinajstić information content (AvgIpc) is 2.99. The molecule has 0 atom stereocenters. The second-order valence-electron chi connectivity index (χ2n) is 13.8. The van der Waals surface area contributed by atoms with Gasteiger partial charge in [-0.25, -0.2) is 13.2 Å². The van der Waals surface area contributed by atoms with Gasteiger partial charge in [0, 0.05) is 0 Å². The summed E-state index contributed by atoms with van der Waals surface area (Å²) in [5, 5.41) is 0. The van der Waals surface area contributed by atoms with Crippen LogP contribution in [0.1, 0.15) is 152 Å². The van der Waals surface area contributed by atoms with Crippen LogP contribution in [0.5, 0.6) is 0 Å². The second-order valence-corrected chi connectivity index (χ2v) is 13.8. The van der Waals surface area contributed by atoms with Gasteiger partial charge in [0.1, 0.15) is 0 Å². The summed E-state index contributed by atoms with van der Waals surface area (Å²) < 4.78 is 39.8. The monoisotopic (exact) mass is 616 g/mol. The van der Waals surface area contributed by atoms with Crippen molar-refractivity contribution in [3.05, 3.63) is 130 Å². The molecule has 0 aliphatic heterocycles. The maximum atomic E-state index is 13.4. The normalized spacial score (nSPS) is 11.3. The summed E-state index contributed by atoms with van der Waals surface area (Å²) in [6.07, 6.45) is 0. The molecule has 0 aromatic heterocycles. The van der Waals surface area contributed by atoms with Crippen molar-refractivity contribution >= 4 is 0 Å². The smallest absolute Gasteiger partial charge is 0.194 e. The standard InChI is InChI=1S/C18H19F3.2C12H18/c1-10(2)14-6-5-12(7-15(14)11(3)4)13-8-16(19)18(21)17(20)9-13;2*1-9(2)11-7-5-6-8-12(11)10(3)4/h5-11H,1-4H3;2*5-10H,1-4H3. The second kappa shape index (κ2) is 17.4. The third-order valence-corrected chi connectivity index (χ3v) is 8.13. The first-order valence-corrected chi connectivity index (χ1v) is 16.5. The molecule has 0 aliphatic rings. The lowest BCUT2D eigenvalue weighted by atomic mass is 9.88. The first-order valence-electron chi connectivity index (χ1n) is 16.5. The van der Waals surface area contributed by atoms with Gasteiger partial charge in [-0.15, -0.1) is 0 Å². The molecule has 0 radical (unpaired) electrons. The quantitative estimate of drug-likeness (QED) is 0.181. The molecule has 4 aromatic rings. The Hall–Kier alpha value is -3.33. The Bertz CT molecular complexity index is 1360. The molecule has 0 bridgehead atoms. The molecule has 0 spiro atoms. The SMILES string of the molecule is CC(C)c1ccc(-c2cc(F)c(F)c(F)c2)cc1C(C)C.CC(C)c1ccccc1C(C)C.CC(C)c1ccccc1C(C)C. The first kappa shape index (κ1) is 37.9. The van der Waals surface area contributed by atoms with Gasteiger partial charge in [-0.2, -0.15) is 0 Å². The van der Waals surface area contributed by atoms with Crippen molar-refractivity contribution in [3.63, 3.8) is 0 Å². The predicted octanol–water partition coefficient (Wildman–Crippen LogP) is 13.9. The summed E-state index contributed by atoms with van der Waals surface area (Å²) in [5.74, 6) is -0.510. The van der Waals surface area contributed by atoms with Crippen LogP contribution in [-0.2, 0) is 0 Å². The van der Waals surface area contributed by atoms with E-state index in [1.54, 1.807) is 0 Å². The Morgan fingerprint density at radius 3 is 0.911 bits per heavy atom. The lowest BCUT2D eigenvalue weighted by Crippen LogP contribution is -1.99. The maximum Gasteiger partial charge on any atom is 0.194 e. The molecule has 0 saturated carbocycles. The fourth-order valence-corrected chi connectivity index (χ4v) is 5.63. The topological polar surface area (TPSA) is 0 Å². The van der Waals surface area contributed by atoms with E-state index in [-0.39, 0.29) is 0 Å². The molecule has 0 fully saturated rings. The Morgan fingerprint density at radius 1 is 0.333 bits per heavy atom. The van der Waals surface area contributed by atoms with Crippen molar-refractivity contribution in [3.8, 4) is 11.1 Å². The molecular formula is C42H55F3. The third kappa shape index (κ3) is 10.6. The van der Waals surface area contributed by atoms with Crippen molar-refractivity contribution in [2.45, 2.75) is 119 Å². The molecule has 4 rings (SSSR count). The highest BCUT2D eigenvalue weighted by atomic mass is 19.2. The largest absolute Gasteiger partial charge is 0.204 e. The molecule has 45 heavy (non-hydrogen) atoms. The maximum absolute atomic E-state index is 13.4. The van der Waals surface area contributed by atoms with Gasteiger partial charge in [-0.1, -0.05) is 150 Å². The summed E-state index contributed by atoms with van der Waals surface area (Å²) in [7, 11) is 0. The van der Waals surface area contributed by atoms with Crippen LogP contribution < -0.4 is 0 Å².